The molecule has 0 aliphatic carbocycles. The van der Waals surface area contributed by atoms with Crippen molar-refractivity contribution in [1.82, 2.24) is 0 Å². The SMILES string of the molecule is [Na+].[Na+].[O-]C1C[Si]([O-])(c2cccc3cc4ccc5cc6cc7ccccc7cc6cc5c4cc23)[SiH2][SiH2]O1. The van der Waals surface area contributed by atoms with Gasteiger partial charge in [0.1, 0.15) is 9.28 Å². The summed E-state index contributed by atoms with van der Waals surface area (Å²) in [5, 5.41) is 24.9. The summed E-state index contributed by atoms with van der Waals surface area (Å²) < 4.78 is 5.39. The summed E-state index contributed by atoms with van der Waals surface area (Å²) in [6.07, 6.45) is -1.10. The van der Waals surface area contributed by atoms with Crippen molar-refractivity contribution in [3.63, 3.8) is 0 Å². The van der Waals surface area contributed by atoms with Gasteiger partial charge >= 0.3 is 59.1 Å². The molecule has 0 radical (unpaired) electrons. The van der Waals surface area contributed by atoms with E-state index in [1.807, 2.05) is 12.1 Å². The van der Waals surface area contributed by atoms with Crippen LogP contribution in [-0.2, 0) is 4.43 Å². The van der Waals surface area contributed by atoms with Gasteiger partial charge in [-0.2, -0.15) is 0 Å². The maximum absolute atomic E-state index is 14.0. The zero-order valence-corrected chi connectivity index (χ0v) is 28.4. The molecule has 0 amide bonds. The van der Waals surface area contributed by atoms with Crippen molar-refractivity contribution < 1.29 is 73.4 Å². The topological polar surface area (TPSA) is 55.3 Å². The van der Waals surface area contributed by atoms with E-state index in [9.17, 15) is 9.90 Å². The van der Waals surface area contributed by atoms with E-state index in [1.54, 1.807) is 0 Å². The zero-order valence-electron chi connectivity index (χ0n) is 20.6. The Hall–Kier alpha value is -0.849. The van der Waals surface area contributed by atoms with Crippen molar-refractivity contribution in [2.45, 2.75) is 12.3 Å². The van der Waals surface area contributed by atoms with E-state index in [0.29, 0.717) is 0 Å². The third-order valence-corrected chi connectivity index (χ3v) is 26.3. The number of hydrogen-bond donors (Lipinski definition) is 0. The first-order chi connectivity index (χ1) is 16.6. The minimum absolute atomic E-state index is 0. The van der Waals surface area contributed by atoms with E-state index in [-0.39, 0.29) is 65.2 Å². The second-order valence-corrected chi connectivity index (χ2v) is 24.4. The van der Waals surface area contributed by atoms with E-state index in [1.165, 1.54) is 43.1 Å². The molecule has 2 unspecified atom stereocenters. The molecule has 6 aromatic rings. The largest absolute Gasteiger partial charge is 1.00 e. The Morgan fingerprint density at radius 2 is 1.19 bits per heavy atom. The molecule has 36 heavy (non-hydrogen) atoms. The van der Waals surface area contributed by atoms with Crippen LogP contribution in [0.5, 0.6) is 0 Å². The van der Waals surface area contributed by atoms with Crippen molar-refractivity contribution >= 4 is 84.7 Å². The third-order valence-electron chi connectivity index (χ3n) is 7.45. The van der Waals surface area contributed by atoms with Gasteiger partial charge in [0.25, 0.3) is 0 Å². The summed E-state index contributed by atoms with van der Waals surface area (Å²) in [4.78, 5) is 14.0. The maximum Gasteiger partial charge on any atom is 1.00 e. The van der Waals surface area contributed by atoms with Crippen LogP contribution in [-0.4, -0.2) is 32.0 Å². The summed E-state index contributed by atoms with van der Waals surface area (Å²) in [7, 11) is -4.68. The molecule has 0 N–H and O–H groups in total. The smallest absolute Gasteiger partial charge is 0.857 e. The second-order valence-electron chi connectivity index (χ2n) is 9.53. The Kier molecular flexibility index (Phi) is 7.71. The number of hydrogen-bond acceptors (Lipinski definition) is 3. The molecule has 166 valence electrons. The number of fused-ring (bicyclic) bond motifs is 6. The molecular formula is C28H22Na2O3Si3. The van der Waals surface area contributed by atoms with E-state index >= 15 is 0 Å². The Labute approximate surface area is 258 Å². The molecule has 2 atom stereocenters. The Morgan fingerprint density at radius 3 is 1.89 bits per heavy atom. The molecular weight excluding hydrogens is 515 g/mol. The third kappa shape index (κ3) is 4.51. The van der Waals surface area contributed by atoms with E-state index in [0.717, 1.165) is 16.0 Å². The van der Waals surface area contributed by atoms with Gasteiger partial charge in [-0.1, -0.05) is 65.8 Å². The van der Waals surface area contributed by atoms with Crippen molar-refractivity contribution in [3.05, 3.63) is 91.0 Å². The van der Waals surface area contributed by atoms with Crippen molar-refractivity contribution in [3.8, 4) is 0 Å². The van der Waals surface area contributed by atoms with Crippen LogP contribution in [0.15, 0.2) is 91.0 Å². The van der Waals surface area contributed by atoms with Gasteiger partial charge in [0.15, 0.2) is 0 Å². The van der Waals surface area contributed by atoms with Crippen molar-refractivity contribution in [2.75, 3.05) is 0 Å². The molecule has 8 heteroatoms. The fourth-order valence-corrected chi connectivity index (χ4v) is 22.7. The Balaban J connectivity index is 0.00000133. The quantitative estimate of drug-likeness (QED) is 0.124. The Morgan fingerprint density at radius 1 is 0.639 bits per heavy atom. The molecule has 0 aromatic heterocycles. The molecule has 0 saturated carbocycles. The average Bonchev–Trinajstić information content (AvgIpc) is 2.84. The first-order valence-electron chi connectivity index (χ1n) is 11.8. The Bertz CT molecular complexity index is 1780. The zero-order chi connectivity index (χ0) is 22.9. The summed E-state index contributed by atoms with van der Waals surface area (Å²) in [6, 6.07) is 32.7. The van der Waals surface area contributed by atoms with E-state index < -0.39 is 32.0 Å². The monoisotopic (exact) mass is 536 g/mol. The number of benzene rings is 6. The molecule has 0 spiro atoms. The second kappa shape index (κ2) is 10.4. The standard InChI is InChI=1S/C28H22O3Si3.2Na/c29-28-16-34(30,33-32-31-28)27-7-3-6-19-12-20-8-9-21-13-22-10-17-4-1-2-5-18(17)11-23(22)14-24(21)25(20)15-26(19)27;;/h1-15,28H,16,32-33H2;;/q-2;2*+1. The fourth-order valence-electron chi connectivity index (χ4n) is 5.70. The minimum atomic E-state index is -2.96. The summed E-state index contributed by atoms with van der Waals surface area (Å²) >= 11 is 0. The van der Waals surface area contributed by atoms with Crippen LogP contribution < -0.4 is 74.2 Å². The molecule has 1 heterocycles. The van der Waals surface area contributed by atoms with Crippen LogP contribution in [0.3, 0.4) is 0 Å². The van der Waals surface area contributed by atoms with Crippen LogP contribution in [0.4, 0.5) is 0 Å². The summed E-state index contributed by atoms with van der Waals surface area (Å²) in [6.45, 7) is 0. The van der Waals surface area contributed by atoms with Crippen LogP contribution in [0.2, 0.25) is 6.04 Å². The molecule has 6 aromatic carbocycles. The molecule has 3 nitrogen and oxygen atoms in total. The first-order valence-corrected chi connectivity index (χ1v) is 20.8. The van der Waals surface area contributed by atoms with Gasteiger partial charge in [0.05, 0.1) is 0 Å². The van der Waals surface area contributed by atoms with Crippen LogP contribution in [0, 0.1) is 0 Å². The van der Waals surface area contributed by atoms with E-state index in [4.69, 9.17) is 4.43 Å². The molecule has 1 aliphatic rings. The summed E-state index contributed by atoms with van der Waals surface area (Å²) in [5.74, 6) is 0. The normalized spacial score (nSPS) is 21.3. The van der Waals surface area contributed by atoms with Gasteiger partial charge in [0, 0.05) is 8.55 Å². The van der Waals surface area contributed by atoms with Gasteiger partial charge in [-0.15, -0.1) is 0 Å². The fraction of sp³-hybridized carbons (Fsp3) is 0.0714. The van der Waals surface area contributed by atoms with Crippen molar-refractivity contribution in [1.29, 1.82) is 0 Å². The molecule has 1 fully saturated rings. The van der Waals surface area contributed by atoms with E-state index in [2.05, 4.69) is 78.9 Å². The van der Waals surface area contributed by atoms with Crippen LogP contribution in [0.25, 0.3) is 53.9 Å². The molecule has 1 saturated heterocycles. The summed E-state index contributed by atoms with van der Waals surface area (Å²) in [5.41, 5.74) is 0. The first kappa shape index (κ1) is 26.7. The van der Waals surface area contributed by atoms with Crippen LogP contribution >= 0.6 is 0 Å². The predicted molar refractivity (Wildman–Crippen MR) is 146 cm³/mol. The van der Waals surface area contributed by atoms with Gasteiger partial charge in [-0.05, 0) is 104 Å². The molecule has 0 bridgehead atoms. The minimum Gasteiger partial charge on any atom is -0.857 e. The van der Waals surface area contributed by atoms with Crippen LogP contribution in [0.1, 0.15) is 0 Å². The molecule has 7 rings (SSSR count). The molecule has 1 aliphatic heterocycles. The predicted octanol–water partition coefficient (Wildman–Crippen LogP) is -3.65. The average molecular weight is 537 g/mol. The van der Waals surface area contributed by atoms with Gasteiger partial charge in [0.2, 0.25) is 0 Å². The maximum atomic E-state index is 14.0. The van der Waals surface area contributed by atoms with Crippen molar-refractivity contribution in [2.24, 2.45) is 0 Å². The van der Waals surface area contributed by atoms with Gasteiger partial charge in [-0.3, -0.25) is 0 Å². The number of rotatable bonds is 1. The van der Waals surface area contributed by atoms with Gasteiger partial charge in [-0.25, -0.2) is 0 Å². The van der Waals surface area contributed by atoms with Gasteiger partial charge < -0.3 is 14.3 Å².